The number of carbonyl (C=O) groups is 1. The van der Waals surface area contributed by atoms with Crippen molar-refractivity contribution in [2.45, 2.75) is 19.8 Å². The second-order valence-electron chi connectivity index (χ2n) is 2.50. The van der Waals surface area contributed by atoms with Crippen LogP contribution in [0.25, 0.3) is 0 Å². The Morgan fingerprint density at radius 2 is 2.20 bits per heavy atom. The summed E-state index contributed by atoms with van der Waals surface area (Å²) in [4.78, 5) is 12.2. The number of thioether (sulfide) groups is 1. The molecule has 0 unspecified atom stereocenters. The molecule has 0 amide bonds. The molecule has 0 atom stereocenters. The standard InChI is InChI=1S/C8H12OS/c1-3-7(10-2)8(9)6-4-5-6/h3,6H,4-5H2,1-2H3/b7-3-. The van der Waals surface area contributed by atoms with Gasteiger partial charge in [-0.3, -0.25) is 4.79 Å². The molecule has 0 aromatic carbocycles. The number of carbonyl (C=O) groups excluding carboxylic acids is 1. The van der Waals surface area contributed by atoms with Crippen molar-refractivity contribution in [3.63, 3.8) is 0 Å². The van der Waals surface area contributed by atoms with E-state index in [1.54, 1.807) is 11.8 Å². The molecule has 1 saturated carbocycles. The minimum absolute atomic E-state index is 0.356. The summed E-state index contributed by atoms with van der Waals surface area (Å²) in [6.45, 7) is 1.92. The SMILES string of the molecule is C/C=C(\SC)C(=O)C1CC1. The number of hydrogen-bond donors (Lipinski definition) is 0. The largest absolute Gasteiger partial charge is 0.293 e. The van der Waals surface area contributed by atoms with Crippen LogP contribution in [0.3, 0.4) is 0 Å². The third kappa shape index (κ3) is 1.63. The van der Waals surface area contributed by atoms with E-state index in [-0.39, 0.29) is 0 Å². The molecule has 0 aromatic rings. The van der Waals surface area contributed by atoms with Gasteiger partial charge in [-0.2, -0.15) is 0 Å². The number of allylic oxidation sites excluding steroid dienone is 2. The Morgan fingerprint density at radius 1 is 1.60 bits per heavy atom. The predicted octanol–water partition coefficient (Wildman–Crippen LogP) is 2.23. The van der Waals surface area contributed by atoms with E-state index >= 15 is 0 Å². The van der Waals surface area contributed by atoms with Gasteiger partial charge in [-0.25, -0.2) is 0 Å². The van der Waals surface area contributed by atoms with Crippen LogP contribution in [0, 0.1) is 5.92 Å². The van der Waals surface area contributed by atoms with Crippen molar-refractivity contribution in [3.8, 4) is 0 Å². The van der Waals surface area contributed by atoms with Crippen molar-refractivity contribution < 1.29 is 4.79 Å². The van der Waals surface area contributed by atoms with Gasteiger partial charge in [0.15, 0.2) is 5.78 Å². The average Bonchev–Trinajstić information content (AvgIpc) is 2.71. The van der Waals surface area contributed by atoms with Crippen LogP contribution in [0.1, 0.15) is 19.8 Å². The highest BCUT2D eigenvalue weighted by Gasteiger charge is 2.30. The average molecular weight is 156 g/mol. The first-order valence-corrected chi connectivity index (χ1v) is 4.76. The molecule has 2 heteroatoms. The predicted molar refractivity (Wildman–Crippen MR) is 45.0 cm³/mol. The Morgan fingerprint density at radius 3 is 2.50 bits per heavy atom. The van der Waals surface area contributed by atoms with E-state index < -0.39 is 0 Å². The van der Waals surface area contributed by atoms with Crippen molar-refractivity contribution in [3.05, 3.63) is 11.0 Å². The van der Waals surface area contributed by atoms with Crippen LogP contribution in [-0.2, 0) is 4.79 Å². The summed E-state index contributed by atoms with van der Waals surface area (Å²) in [6, 6.07) is 0. The maximum Gasteiger partial charge on any atom is 0.171 e. The van der Waals surface area contributed by atoms with Gasteiger partial charge in [-0.15, -0.1) is 11.8 Å². The molecule has 0 N–H and O–H groups in total. The summed E-state index contributed by atoms with van der Waals surface area (Å²) >= 11 is 1.56. The van der Waals surface area contributed by atoms with E-state index in [1.165, 1.54) is 0 Å². The molecule has 1 nitrogen and oxygen atoms in total. The van der Waals surface area contributed by atoms with E-state index in [4.69, 9.17) is 0 Å². The van der Waals surface area contributed by atoms with Crippen molar-refractivity contribution in [1.82, 2.24) is 0 Å². The molecule has 0 heterocycles. The summed E-state index contributed by atoms with van der Waals surface area (Å²) in [5.74, 6) is 0.730. The fourth-order valence-corrected chi connectivity index (χ4v) is 1.51. The van der Waals surface area contributed by atoms with Gasteiger partial charge in [0.2, 0.25) is 0 Å². The van der Waals surface area contributed by atoms with Gasteiger partial charge < -0.3 is 0 Å². The van der Waals surface area contributed by atoms with Crippen LogP contribution in [0.2, 0.25) is 0 Å². The highest BCUT2D eigenvalue weighted by Crippen LogP contribution is 2.34. The second-order valence-corrected chi connectivity index (χ2v) is 3.34. The Balaban J connectivity index is 2.52. The zero-order valence-corrected chi connectivity index (χ0v) is 7.20. The smallest absolute Gasteiger partial charge is 0.171 e. The van der Waals surface area contributed by atoms with Crippen LogP contribution in [0.5, 0.6) is 0 Å². The maximum atomic E-state index is 11.3. The molecule has 0 saturated heterocycles. The fourth-order valence-electron chi connectivity index (χ4n) is 0.907. The molecular formula is C8H12OS. The summed E-state index contributed by atoms with van der Waals surface area (Å²) in [5, 5.41) is 0. The third-order valence-electron chi connectivity index (χ3n) is 1.67. The number of ketones is 1. The van der Waals surface area contributed by atoms with Crippen molar-refractivity contribution in [2.75, 3.05) is 6.26 Å². The zero-order chi connectivity index (χ0) is 7.56. The van der Waals surface area contributed by atoms with Crippen LogP contribution >= 0.6 is 11.8 Å². The Kier molecular flexibility index (Phi) is 2.55. The van der Waals surface area contributed by atoms with Gasteiger partial charge in [0.25, 0.3) is 0 Å². The van der Waals surface area contributed by atoms with E-state index in [0.717, 1.165) is 17.7 Å². The number of Topliss-reactive ketones (excluding diaryl/α,β-unsaturated/α-hetero) is 1. The summed E-state index contributed by atoms with van der Waals surface area (Å²) in [5.41, 5.74) is 0. The van der Waals surface area contributed by atoms with Gasteiger partial charge in [-0.1, -0.05) is 6.08 Å². The first-order chi connectivity index (χ1) is 4.79. The van der Waals surface area contributed by atoms with Gasteiger partial charge in [0.05, 0.1) is 0 Å². The molecule has 1 aliphatic rings. The Labute approximate surface area is 65.9 Å². The zero-order valence-electron chi connectivity index (χ0n) is 6.39. The lowest BCUT2D eigenvalue weighted by molar-refractivity contribution is -0.116. The van der Waals surface area contributed by atoms with Crippen molar-refractivity contribution in [1.29, 1.82) is 0 Å². The van der Waals surface area contributed by atoms with E-state index in [0.29, 0.717) is 11.7 Å². The lowest BCUT2D eigenvalue weighted by atomic mass is 10.2. The Bertz CT molecular complexity index is 168. The quantitative estimate of drug-likeness (QED) is 0.583. The molecule has 1 rings (SSSR count). The lowest BCUT2D eigenvalue weighted by Gasteiger charge is -1.98. The van der Waals surface area contributed by atoms with Crippen molar-refractivity contribution >= 4 is 17.5 Å². The monoisotopic (exact) mass is 156 g/mol. The van der Waals surface area contributed by atoms with E-state index in [1.807, 2.05) is 19.3 Å². The summed E-state index contributed by atoms with van der Waals surface area (Å²) in [7, 11) is 0. The van der Waals surface area contributed by atoms with Crippen LogP contribution in [0.15, 0.2) is 11.0 Å². The normalized spacial score (nSPS) is 19.2. The van der Waals surface area contributed by atoms with Crippen LogP contribution < -0.4 is 0 Å². The van der Waals surface area contributed by atoms with Gasteiger partial charge >= 0.3 is 0 Å². The summed E-state index contributed by atoms with van der Waals surface area (Å²) < 4.78 is 0. The first kappa shape index (κ1) is 7.86. The van der Waals surface area contributed by atoms with Gasteiger partial charge in [0.1, 0.15) is 0 Å². The van der Waals surface area contributed by atoms with Gasteiger partial charge in [0, 0.05) is 10.8 Å². The highest BCUT2D eigenvalue weighted by atomic mass is 32.2. The second kappa shape index (κ2) is 3.24. The van der Waals surface area contributed by atoms with E-state index in [9.17, 15) is 4.79 Å². The molecule has 56 valence electrons. The van der Waals surface area contributed by atoms with Gasteiger partial charge in [-0.05, 0) is 26.0 Å². The molecule has 0 radical (unpaired) electrons. The molecule has 0 spiro atoms. The molecule has 1 aliphatic carbocycles. The topological polar surface area (TPSA) is 17.1 Å². The fraction of sp³-hybridized carbons (Fsp3) is 0.625. The minimum atomic E-state index is 0.356. The molecule has 10 heavy (non-hydrogen) atoms. The maximum absolute atomic E-state index is 11.3. The van der Waals surface area contributed by atoms with Crippen LogP contribution in [0.4, 0.5) is 0 Å². The minimum Gasteiger partial charge on any atom is -0.293 e. The molecule has 1 fully saturated rings. The first-order valence-electron chi connectivity index (χ1n) is 3.54. The molecule has 0 bridgehead atoms. The number of hydrogen-bond acceptors (Lipinski definition) is 2. The third-order valence-corrected chi connectivity index (χ3v) is 2.55. The Hall–Kier alpha value is -0.240. The number of rotatable bonds is 3. The lowest BCUT2D eigenvalue weighted by Crippen LogP contribution is -2.00. The molecule has 0 aromatic heterocycles. The van der Waals surface area contributed by atoms with E-state index in [2.05, 4.69) is 0 Å². The summed E-state index contributed by atoms with van der Waals surface area (Å²) in [6.07, 6.45) is 6.08. The van der Waals surface area contributed by atoms with Crippen LogP contribution in [-0.4, -0.2) is 12.0 Å². The molecular weight excluding hydrogens is 144 g/mol. The molecule has 0 aliphatic heterocycles. The van der Waals surface area contributed by atoms with Crippen molar-refractivity contribution in [2.24, 2.45) is 5.92 Å². The highest BCUT2D eigenvalue weighted by molar-refractivity contribution is 8.03.